The summed E-state index contributed by atoms with van der Waals surface area (Å²) >= 11 is 0. The van der Waals surface area contributed by atoms with Crippen molar-refractivity contribution in [3.8, 4) is 0 Å². The average molecular weight is 275 g/mol. The Morgan fingerprint density at radius 3 is 2.45 bits per heavy atom. The molecule has 2 rings (SSSR count). The van der Waals surface area contributed by atoms with Crippen molar-refractivity contribution in [1.29, 1.82) is 0 Å². The molecule has 1 aliphatic rings. The fourth-order valence-corrected chi connectivity index (χ4v) is 2.99. The van der Waals surface area contributed by atoms with Crippen LogP contribution in [0, 0.1) is 0 Å². The van der Waals surface area contributed by atoms with Gasteiger partial charge in [0.05, 0.1) is 0 Å². The van der Waals surface area contributed by atoms with Crippen molar-refractivity contribution in [3.63, 3.8) is 0 Å². The summed E-state index contributed by atoms with van der Waals surface area (Å²) in [6.45, 7) is 0.176. The predicted molar refractivity (Wildman–Crippen MR) is 80.5 cm³/mol. The molecule has 2 N–H and O–H groups in total. The van der Waals surface area contributed by atoms with Crippen molar-refractivity contribution >= 4 is 5.91 Å². The molecule has 0 aliphatic heterocycles. The van der Waals surface area contributed by atoms with Gasteiger partial charge in [-0.15, -0.1) is 0 Å². The number of aliphatic hydroxyl groups is 1. The SMILES string of the molecule is O=C(CCCCO)NC1CCC(c2ccccc2)CC1. The van der Waals surface area contributed by atoms with Crippen molar-refractivity contribution in [2.45, 2.75) is 56.9 Å². The third-order valence-electron chi connectivity index (χ3n) is 4.18. The summed E-state index contributed by atoms with van der Waals surface area (Å²) in [5.74, 6) is 0.792. The van der Waals surface area contributed by atoms with Crippen molar-refractivity contribution < 1.29 is 9.90 Å². The Kier molecular flexibility index (Phi) is 6.06. The van der Waals surface area contributed by atoms with Crippen LogP contribution in [0.3, 0.4) is 0 Å². The van der Waals surface area contributed by atoms with E-state index in [-0.39, 0.29) is 12.5 Å². The predicted octanol–water partition coefficient (Wildman–Crippen LogP) is 2.99. The summed E-state index contributed by atoms with van der Waals surface area (Å²) in [4.78, 5) is 11.7. The van der Waals surface area contributed by atoms with E-state index in [0.29, 0.717) is 24.8 Å². The number of benzene rings is 1. The number of amides is 1. The molecule has 110 valence electrons. The smallest absolute Gasteiger partial charge is 0.220 e. The third-order valence-corrected chi connectivity index (χ3v) is 4.18. The molecular formula is C17H25NO2. The molecule has 1 fully saturated rings. The Morgan fingerprint density at radius 1 is 1.10 bits per heavy atom. The molecule has 0 spiro atoms. The molecule has 1 saturated carbocycles. The number of carbonyl (C=O) groups excluding carboxylic acids is 1. The van der Waals surface area contributed by atoms with Crippen LogP contribution in [0.15, 0.2) is 30.3 Å². The first-order valence-electron chi connectivity index (χ1n) is 7.74. The van der Waals surface area contributed by atoms with Gasteiger partial charge in [-0.1, -0.05) is 30.3 Å². The van der Waals surface area contributed by atoms with Crippen LogP contribution >= 0.6 is 0 Å². The molecule has 0 bridgehead atoms. The molecule has 1 aliphatic carbocycles. The van der Waals surface area contributed by atoms with Crippen LogP contribution < -0.4 is 5.32 Å². The lowest BCUT2D eigenvalue weighted by Crippen LogP contribution is -2.37. The van der Waals surface area contributed by atoms with Crippen molar-refractivity contribution in [2.24, 2.45) is 0 Å². The van der Waals surface area contributed by atoms with Gasteiger partial charge in [0, 0.05) is 19.1 Å². The van der Waals surface area contributed by atoms with Gasteiger partial charge in [-0.2, -0.15) is 0 Å². The van der Waals surface area contributed by atoms with E-state index in [4.69, 9.17) is 5.11 Å². The molecule has 0 unspecified atom stereocenters. The first kappa shape index (κ1) is 15.0. The molecule has 1 amide bonds. The highest BCUT2D eigenvalue weighted by molar-refractivity contribution is 5.76. The van der Waals surface area contributed by atoms with Gasteiger partial charge in [0.25, 0.3) is 0 Å². The Morgan fingerprint density at radius 2 is 1.80 bits per heavy atom. The van der Waals surface area contributed by atoms with Gasteiger partial charge >= 0.3 is 0 Å². The first-order valence-corrected chi connectivity index (χ1v) is 7.74. The minimum absolute atomic E-state index is 0.140. The van der Waals surface area contributed by atoms with Gasteiger partial charge in [0.1, 0.15) is 0 Å². The second-order valence-corrected chi connectivity index (χ2v) is 5.71. The van der Waals surface area contributed by atoms with Gasteiger partial charge in [0.2, 0.25) is 5.91 Å². The van der Waals surface area contributed by atoms with Crippen LogP contribution in [0.1, 0.15) is 56.4 Å². The largest absolute Gasteiger partial charge is 0.396 e. The zero-order chi connectivity index (χ0) is 14.2. The number of nitrogens with one attached hydrogen (secondary N) is 1. The normalized spacial score (nSPS) is 22.4. The van der Waals surface area contributed by atoms with Crippen LogP contribution in [0.5, 0.6) is 0 Å². The Balaban J connectivity index is 1.70. The molecular weight excluding hydrogens is 250 g/mol. The van der Waals surface area contributed by atoms with Crippen LogP contribution in [-0.2, 0) is 4.79 Å². The van der Waals surface area contributed by atoms with Crippen molar-refractivity contribution in [1.82, 2.24) is 5.32 Å². The van der Waals surface area contributed by atoms with E-state index in [1.54, 1.807) is 0 Å². The second-order valence-electron chi connectivity index (χ2n) is 5.71. The van der Waals surface area contributed by atoms with Crippen LogP contribution in [0.25, 0.3) is 0 Å². The number of aliphatic hydroxyl groups excluding tert-OH is 1. The van der Waals surface area contributed by atoms with Crippen molar-refractivity contribution in [3.05, 3.63) is 35.9 Å². The Labute approximate surface area is 121 Å². The Bertz CT molecular complexity index is 397. The zero-order valence-corrected chi connectivity index (χ0v) is 12.1. The molecule has 0 radical (unpaired) electrons. The first-order chi connectivity index (χ1) is 9.79. The highest BCUT2D eigenvalue weighted by atomic mass is 16.2. The molecule has 0 heterocycles. The molecule has 3 nitrogen and oxygen atoms in total. The van der Waals surface area contributed by atoms with Crippen molar-refractivity contribution in [2.75, 3.05) is 6.61 Å². The van der Waals surface area contributed by atoms with E-state index < -0.39 is 0 Å². The number of hydrogen-bond donors (Lipinski definition) is 2. The molecule has 20 heavy (non-hydrogen) atoms. The molecule has 0 aromatic heterocycles. The summed E-state index contributed by atoms with van der Waals surface area (Å²) in [6, 6.07) is 11.0. The fourth-order valence-electron chi connectivity index (χ4n) is 2.99. The average Bonchev–Trinajstić information content (AvgIpc) is 2.49. The summed E-state index contributed by atoms with van der Waals surface area (Å²) in [6.07, 6.45) is 6.50. The van der Waals surface area contributed by atoms with E-state index in [1.807, 2.05) is 0 Å². The Hall–Kier alpha value is -1.35. The molecule has 0 atom stereocenters. The lowest BCUT2D eigenvalue weighted by Gasteiger charge is -2.29. The number of rotatable bonds is 6. The number of hydrogen-bond acceptors (Lipinski definition) is 2. The van der Waals surface area contributed by atoms with Crippen LogP contribution in [-0.4, -0.2) is 23.7 Å². The van der Waals surface area contributed by atoms with E-state index >= 15 is 0 Å². The summed E-state index contributed by atoms with van der Waals surface area (Å²) in [7, 11) is 0. The van der Waals surface area contributed by atoms with Gasteiger partial charge < -0.3 is 10.4 Å². The lowest BCUT2D eigenvalue weighted by molar-refractivity contribution is -0.122. The van der Waals surface area contributed by atoms with Gasteiger partial charge in [-0.25, -0.2) is 0 Å². The van der Waals surface area contributed by atoms with Crippen LogP contribution in [0.2, 0.25) is 0 Å². The van der Waals surface area contributed by atoms with E-state index in [0.717, 1.165) is 32.1 Å². The van der Waals surface area contributed by atoms with E-state index in [2.05, 4.69) is 35.6 Å². The standard InChI is InChI=1S/C17H25NO2/c19-13-5-4-8-17(20)18-16-11-9-15(10-12-16)14-6-2-1-3-7-14/h1-3,6-7,15-16,19H,4-5,8-13H2,(H,18,20). The number of unbranched alkanes of at least 4 members (excludes halogenated alkanes) is 1. The maximum atomic E-state index is 11.7. The maximum Gasteiger partial charge on any atom is 0.220 e. The fraction of sp³-hybridized carbons (Fsp3) is 0.588. The quantitative estimate of drug-likeness (QED) is 0.784. The topological polar surface area (TPSA) is 49.3 Å². The molecule has 1 aromatic carbocycles. The van der Waals surface area contributed by atoms with Gasteiger partial charge in [-0.05, 0) is 50.0 Å². The summed E-state index contributed by atoms with van der Waals surface area (Å²) in [5.41, 5.74) is 1.43. The van der Waals surface area contributed by atoms with E-state index in [9.17, 15) is 4.79 Å². The highest BCUT2D eigenvalue weighted by Gasteiger charge is 2.23. The second kappa shape index (κ2) is 8.05. The molecule has 3 heteroatoms. The van der Waals surface area contributed by atoms with Gasteiger partial charge in [0.15, 0.2) is 0 Å². The monoisotopic (exact) mass is 275 g/mol. The van der Waals surface area contributed by atoms with Gasteiger partial charge in [-0.3, -0.25) is 4.79 Å². The lowest BCUT2D eigenvalue weighted by atomic mass is 9.82. The minimum atomic E-state index is 0.140. The van der Waals surface area contributed by atoms with Crippen LogP contribution in [0.4, 0.5) is 0 Å². The highest BCUT2D eigenvalue weighted by Crippen LogP contribution is 2.32. The maximum absolute atomic E-state index is 11.7. The summed E-state index contributed by atoms with van der Waals surface area (Å²) < 4.78 is 0. The molecule has 0 saturated heterocycles. The summed E-state index contributed by atoms with van der Waals surface area (Å²) in [5, 5.41) is 11.8. The molecule has 1 aromatic rings. The van der Waals surface area contributed by atoms with E-state index in [1.165, 1.54) is 5.56 Å². The minimum Gasteiger partial charge on any atom is -0.396 e. The number of carbonyl (C=O) groups is 1. The zero-order valence-electron chi connectivity index (χ0n) is 12.1. The third kappa shape index (κ3) is 4.64.